The van der Waals surface area contributed by atoms with Crippen molar-refractivity contribution >= 4 is 49.8 Å². The maximum Gasteiger partial charge on any atom is 0.123 e. The van der Waals surface area contributed by atoms with E-state index in [2.05, 4.69) is 186 Å². The minimum atomic E-state index is -0.248. The lowest BCUT2D eigenvalue weighted by Crippen LogP contribution is -2.11. The Kier molecular flexibility index (Phi) is 7.17. The number of benzene rings is 8. The fourth-order valence-electron chi connectivity index (χ4n) is 9.17. The van der Waals surface area contributed by atoms with E-state index in [0.717, 1.165) is 61.7 Å². The van der Waals surface area contributed by atoms with E-state index in [0.29, 0.717) is 0 Å². The average Bonchev–Trinajstić information content (AvgIpc) is 3.70. The summed E-state index contributed by atoms with van der Waals surface area (Å²) >= 11 is 0. The lowest BCUT2D eigenvalue weighted by molar-refractivity contribution is 0.629. The standard InChI is InChI=1S/C52H36FN3/c1-33-30-37(54-46-20-10-6-16-41(46)42-17-7-11-21-47(42)54)25-27-39(33)40-28-26-38(31-34(40)2)55-48-22-12-8-18-43(48)51-45-32-35(53)24-29-50(45)56(36-14-4-3-5-15-36)52(51)44-19-9-13-23-49(44)55/h3-32H,1-2H3. The maximum atomic E-state index is 15.2. The summed E-state index contributed by atoms with van der Waals surface area (Å²) in [7, 11) is 0. The molecule has 0 spiro atoms. The Labute approximate surface area is 324 Å². The molecule has 3 heterocycles. The highest BCUT2D eigenvalue weighted by atomic mass is 19.1. The van der Waals surface area contributed by atoms with Crippen molar-refractivity contribution in [2.24, 2.45) is 0 Å². The molecular formula is C52H36FN3. The third kappa shape index (κ3) is 4.75. The van der Waals surface area contributed by atoms with E-state index < -0.39 is 0 Å². The van der Waals surface area contributed by atoms with Gasteiger partial charge in [-0.15, -0.1) is 0 Å². The van der Waals surface area contributed by atoms with Crippen LogP contribution in [0.4, 0.5) is 21.5 Å². The molecule has 56 heavy (non-hydrogen) atoms. The number of hydrogen-bond acceptors (Lipinski definition) is 1. The molecule has 0 amide bonds. The average molecular weight is 722 g/mol. The van der Waals surface area contributed by atoms with E-state index in [9.17, 15) is 0 Å². The molecule has 0 atom stereocenters. The molecule has 0 aliphatic carbocycles. The molecule has 1 aliphatic rings. The molecule has 0 saturated carbocycles. The lowest BCUT2D eigenvalue weighted by Gasteiger charge is -2.28. The van der Waals surface area contributed by atoms with Crippen LogP contribution >= 0.6 is 0 Å². The molecule has 4 heteroatoms. The Morgan fingerprint density at radius 2 is 0.911 bits per heavy atom. The zero-order valence-corrected chi connectivity index (χ0v) is 31.0. The van der Waals surface area contributed by atoms with Gasteiger partial charge in [0.05, 0.1) is 33.6 Å². The molecule has 0 N–H and O–H groups in total. The third-order valence-electron chi connectivity index (χ3n) is 11.6. The summed E-state index contributed by atoms with van der Waals surface area (Å²) in [5, 5.41) is 3.41. The number of para-hydroxylation sites is 5. The van der Waals surface area contributed by atoms with Crippen molar-refractivity contribution in [3.05, 3.63) is 199 Å². The topological polar surface area (TPSA) is 13.1 Å². The fraction of sp³-hybridized carbons (Fsp3) is 0.0385. The van der Waals surface area contributed by atoms with Crippen molar-refractivity contribution in [2.75, 3.05) is 4.90 Å². The Bertz CT molecular complexity index is 3130. The van der Waals surface area contributed by atoms with E-state index in [4.69, 9.17) is 0 Å². The van der Waals surface area contributed by atoms with E-state index in [1.165, 1.54) is 44.1 Å². The SMILES string of the molecule is Cc1cc(N2c3ccccc3-c3c(n(-c4ccccc4)c4ccc(F)cc34)-c3ccccc32)ccc1-c1ccc(-n2c3ccccc3c3ccccc32)cc1C. The molecule has 0 unspecified atom stereocenters. The molecule has 1 aliphatic heterocycles. The van der Waals surface area contributed by atoms with Crippen LogP contribution in [0.25, 0.3) is 77.6 Å². The van der Waals surface area contributed by atoms with Gasteiger partial charge in [0, 0.05) is 49.9 Å². The van der Waals surface area contributed by atoms with Gasteiger partial charge in [0.15, 0.2) is 0 Å². The monoisotopic (exact) mass is 721 g/mol. The quantitative estimate of drug-likeness (QED) is 0.176. The molecular weight excluding hydrogens is 686 g/mol. The molecule has 3 nitrogen and oxygen atoms in total. The maximum absolute atomic E-state index is 15.2. The molecule has 2 aromatic heterocycles. The van der Waals surface area contributed by atoms with Crippen LogP contribution in [-0.2, 0) is 0 Å². The van der Waals surface area contributed by atoms with Crippen LogP contribution in [0, 0.1) is 19.7 Å². The number of nitrogens with zero attached hydrogens (tertiary/aromatic N) is 3. The van der Waals surface area contributed by atoms with Crippen LogP contribution < -0.4 is 4.90 Å². The van der Waals surface area contributed by atoms with Crippen LogP contribution in [-0.4, -0.2) is 9.13 Å². The molecule has 0 radical (unpaired) electrons. The first-order valence-corrected chi connectivity index (χ1v) is 19.1. The normalized spacial score (nSPS) is 12.2. The van der Waals surface area contributed by atoms with E-state index in [1.807, 2.05) is 12.1 Å². The first-order valence-electron chi connectivity index (χ1n) is 19.1. The molecule has 10 aromatic rings. The van der Waals surface area contributed by atoms with Gasteiger partial charge < -0.3 is 14.0 Å². The van der Waals surface area contributed by atoms with Crippen LogP contribution in [0.15, 0.2) is 182 Å². The van der Waals surface area contributed by atoms with Crippen molar-refractivity contribution in [3.63, 3.8) is 0 Å². The zero-order chi connectivity index (χ0) is 37.5. The first kappa shape index (κ1) is 32.3. The predicted octanol–water partition coefficient (Wildman–Crippen LogP) is 14.3. The lowest BCUT2D eigenvalue weighted by atomic mass is 9.95. The molecule has 8 aromatic carbocycles. The van der Waals surface area contributed by atoms with Crippen LogP contribution in [0.3, 0.4) is 0 Å². The van der Waals surface area contributed by atoms with Gasteiger partial charge in [-0.3, -0.25) is 0 Å². The molecule has 0 saturated heterocycles. The number of anilines is 3. The third-order valence-corrected chi connectivity index (χ3v) is 11.6. The second kappa shape index (κ2) is 12.4. The summed E-state index contributed by atoms with van der Waals surface area (Å²) in [4.78, 5) is 2.38. The largest absolute Gasteiger partial charge is 0.309 e. The van der Waals surface area contributed by atoms with Crippen molar-refractivity contribution in [3.8, 4) is 44.9 Å². The van der Waals surface area contributed by atoms with E-state index in [1.54, 1.807) is 12.1 Å². The highest BCUT2D eigenvalue weighted by Crippen LogP contribution is 2.54. The Hall–Kier alpha value is -7.17. The molecule has 266 valence electrons. The number of fused-ring (bicyclic) bond motifs is 10. The minimum Gasteiger partial charge on any atom is -0.309 e. The summed E-state index contributed by atoms with van der Waals surface area (Å²) in [6.45, 7) is 4.43. The highest BCUT2D eigenvalue weighted by molar-refractivity contribution is 6.13. The molecule has 0 bridgehead atoms. The second-order valence-corrected chi connectivity index (χ2v) is 14.8. The number of hydrogen-bond donors (Lipinski definition) is 0. The number of halogens is 1. The highest BCUT2D eigenvalue weighted by Gasteiger charge is 2.31. The Balaban J connectivity index is 1.07. The zero-order valence-electron chi connectivity index (χ0n) is 31.0. The smallest absolute Gasteiger partial charge is 0.123 e. The van der Waals surface area contributed by atoms with Crippen LogP contribution in [0.5, 0.6) is 0 Å². The molecule has 0 fully saturated rings. The van der Waals surface area contributed by atoms with Gasteiger partial charge in [0.25, 0.3) is 0 Å². The predicted molar refractivity (Wildman–Crippen MR) is 232 cm³/mol. The molecule has 11 rings (SSSR count). The summed E-state index contributed by atoms with van der Waals surface area (Å²) in [5.41, 5.74) is 17.8. The van der Waals surface area contributed by atoms with Gasteiger partial charge in [-0.05, 0) is 115 Å². The van der Waals surface area contributed by atoms with Gasteiger partial charge in [0.1, 0.15) is 5.82 Å². The second-order valence-electron chi connectivity index (χ2n) is 14.8. The van der Waals surface area contributed by atoms with Crippen molar-refractivity contribution in [1.29, 1.82) is 0 Å². The minimum absolute atomic E-state index is 0.248. The number of rotatable bonds is 4. The Morgan fingerprint density at radius 3 is 1.59 bits per heavy atom. The summed E-state index contributed by atoms with van der Waals surface area (Å²) < 4.78 is 19.9. The first-order chi connectivity index (χ1) is 27.5. The van der Waals surface area contributed by atoms with E-state index in [-0.39, 0.29) is 5.82 Å². The van der Waals surface area contributed by atoms with Gasteiger partial charge >= 0.3 is 0 Å². The summed E-state index contributed by atoms with van der Waals surface area (Å²) in [6.07, 6.45) is 0. The summed E-state index contributed by atoms with van der Waals surface area (Å²) in [6, 6.07) is 63.7. The van der Waals surface area contributed by atoms with Crippen LogP contribution in [0.1, 0.15) is 11.1 Å². The van der Waals surface area contributed by atoms with Crippen LogP contribution in [0.2, 0.25) is 0 Å². The fourth-order valence-corrected chi connectivity index (χ4v) is 9.17. The van der Waals surface area contributed by atoms with Gasteiger partial charge in [-0.2, -0.15) is 0 Å². The van der Waals surface area contributed by atoms with Gasteiger partial charge in [-0.25, -0.2) is 4.39 Å². The van der Waals surface area contributed by atoms with Crippen molar-refractivity contribution in [2.45, 2.75) is 13.8 Å². The summed E-state index contributed by atoms with van der Waals surface area (Å²) in [5.74, 6) is -0.248. The van der Waals surface area contributed by atoms with Crippen molar-refractivity contribution < 1.29 is 4.39 Å². The van der Waals surface area contributed by atoms with Gasteiger partial charge in [0.2, 0.25) is 0 Å². The van der Waals surface area contributed by atoms with Crippen molar-refractivity contribution in [1.82, 2.24) is 9.13 Å². The number of aryl methyl sites for hydroxylation is 2. The Morgan fingerprint density at radius 1 is 0.375 bits per heavy atom. The van der Waals surface area contributed by atoms with Gasteiger partial charge in [-0.1, -0.05) is 103 Å². The number of aromatic nitrogens is 2. The van der Waals surface area contributed by atoms with E-state index >= 15 is 4.39 Å².